The number of aryl methyl sites for hydroxylation is 2. The van der Waals surface area contributed by atoms with Gasteiger partial charge in [0.05, 0.1) is 11.1 Å². The molecule has 134 valence electrons. The summed E-state index contributed by atoms with van der Waals surface area (Å²) in [6.07, 6.45) is 4.68. The van der Waals surface area contributed by atoms with Gasteiger partial charge in [0, 0.05) is 31.4 Å². The number of carboxylic acids is 1. The van der Waals surface area contributed by atoms with E-state index in [1.165, 1.54) is 42.1 Å². The zero-order valence-corrected chi connectivity index (χ0v) is 14.5. The Hall–Kier alpha value is -3.22. The highest BCUT2D eigenvalue weighted by Crippen LogP contribution is 2.26. The highest BCUT2D eigenvalue weighted by molar-refractivity contribution is 6.12. The van der Waals surface area contributed by atoms with Crippen LogP contribution in [0, 0.1) is 0 Å². The Labute approximate surface area is 148 Å². The highest BCUT2D eigenvalue weighted by Gasteiger charge is 2.22. The van der Waals surface area contributed by atoms with Crippen LogP contribution in [0.5, 0.6) is 0 Å². The van der Waals surface area contributed by atoms with Crippen molar-refractivity contribution < 1.29 is 14.7 Å². The summed E-state index contributed by atoms with van der Waals surface area (Å²) in [5.41, 5.74) is 1.16. The minimum atomic E-state index is -1.03. The molecule has 7 heteroatoms. The van der Waals surface area contributed by atoms with Crippen LogP contribution in [-0.2, 0) is 20.5 Å². The van der Waals surface area contributed by atoms with Crippen molar-refractivity contribution in [2.45, 2.75) is 19.3 Å². The maximum absolute atomic E-state index is 12.9. The van der Waals surface area contributed by atoms with Gasteiger partial charge < -0.3 is 9.67 Å². The Bertz CT molecular complexity index is 1070. The second-order valence-corrected chi connectivity index (χ2v) is 6.37. The van der Waals surface area contributed by atoms with Crippen LogP contribution in [0.1, 0.15) is 44.7 Å². The van der Waals surface area contributed by atoms with Crippen LogP contribution in [0.3, 0.4) is 0 Å². The van der Waals surface area contributed by atoms with Crippen LogP contribution in [0.4, 0.5) is 0 Å². The number of hydrogen-bond acceptors (Lipinski definition) is 4. The van der Waals surface area contributed by atoms with Gasteiger partial charge in [-0.05, 0) is 49.1 Å². The molecule has 0 saturated heterocycles. The largest absolute Gasteiger partial charge is 0.478 e. The third-order valence-corrected chi connectivity index (χ3v) is 4.58. The lowest BCUT2D eigenvalue weighted by Gasteiger charge is -2.07. The average molecular weight is 354 g/mol. The number of Topliss-reactive ketones (excluding diaryl/α,β-unsaturated/α-hetero) is 1. The van der Waals surface area contributed by atoms with Gasteiger partial charge in [-0.25, -0.2) is 9.59 Å². The molecule has 1 aliphatic rings. The molecule has 0 amide bonds. The monoisotopic (exact) mass is 354 g/mol. The van der Waals surface area contributed by atoms with Gasteiger partial charge in [0.25, 0.3) is 5.56 Å². The summed E-state index contributed by atoms with van der Waals surface area (Å²) in [7, 11) is 2.94. The summed E-state index contributed by atoms with van der Waals surface area (Å²) in [6, 6.07) is 4.47. The highest BCUT2D eigenvalue weighted by atomic mass is 16.4. The number of carboxylic acid groups (broad SMARTS) is 1. The van der Waals surface area contributed by atoms with Gasteiger partial charge in [-0.2, -0.15) is 0 Å². The SMILES string of the molecule is Cn1cc(C=C2CCCc3cc(C(=O)O)ccc3C2=O)c(=O)n(C)c1=O. The molecule has 7 nitrogen and oxygen atoms in total. The van der Waals surface area contributed by atoms with Crippen molar-refractivity contribution in [1.29, 1.82) is 0 Å². The predicted molar refractivity (Wildman–Crippen MR) is 95.6 cm³/mol. The minimum Gasteiger partial charge on any atom is -0.478 e. The Morgan fingerprint density at radius 3 is 2.58 bits per heavy atom. The van der Waals surface area contributed by atoms with E-state index >= 15 is 0 Å². The van der Waals surface area contributed by atoms with E-state index < -0.39 is 17.2 Å². The molecule has 2 aromatic rings. The number of aromatic nitrogens is 2. The molecule has 1 aliphatic carbocycles. The first kappa shape index (κ1) is 17.6. The Morgan fingerprint density at radius 1 is 1.15 bits per heavy atom. The zero-order valence-electron chi connectivity index (χ0n) is 14.5. The molecule has 0 atom stereocenters. The van der Waals surface area contributed by atoms with Crippen molar-refractivity contribution in [2.75, 3.05) is 0 Å². The summed E-state index contributed by atoms with van der Waals surface area (Å²) < 4.78 is 2.29. The van der Waals surface area contributed by atoms with Gasteiger partial charge in [0.15, 0.2) is 5.78 Å². The molecule has 0 saturated carbocycles. The number of carbonyl (C=O) groups excluding carboxylic acids is 1. The van der Waals surface area contributed by atoms with E-state index in [4.69, 9.17) is 5.11 Å². The molecule has 1 aromatic heterocycles. The number of rotatable bonds is 2. The van der Waals surface area contributed by atoms with Crippen LogP contribution in [0.25, 0.3) is 6.08 Å². The number of nitrogens with zero attached hydrogens (tertiary/aromatic N) is 2. The summed E-state index contributed by atoms with van der Waals surface area (Å²) in [5.74, 6) is -1.25. The number of carbonyl (C=O) groups is 2. The second-order valence-electron chi connectivity index (χ2n) is 6.37. The zero-order chi connectivity index (χ0) is 19.0. The van der Waals surface area contributed by atoms with Gasteiger partial charge in [-0.1, -0.05) is 0 Å². The average Bonchev–Trinajstić information content (AvgIpc) is 2.76. The quantitative estimate of drug-likeness (QED) is 0.649. The lowest BCUT2D eigenvalue weighted by Crippen LogP contribution is -2.37. The van der Waals surface area contributed by atoms with Gasteiger partial charge in [-0.15, -0.1) is 0 Å². The Kier molecular flexibility index (Phi) is 4.46. The fraction of sp³-hybridized carbons (Fsp3) is 0.263. The third kappa shape index (κ3) is 3.03. The topological polar surface area (TPSA) is 98.4 Å². The third-order valence-electron chi connectivity index (χ3n) is 4.58. The van der Waals surface area contributed by atoms with E-state index in [0.29, 0.717) is 36.0 Å². The smallest absolute Gasteiger partial charge is 0.335 e. The van der Waals surface area contributed by atoms with Crippen molar-refractivity contribution in [3.63, 3.8) is 0 Å². The molecule has 0 bridgehead atoms. The fourth-order valence-corrected chi connectivity index (χ4v) is 3.17. The number of ketones is 1. The van der Waals surface area contributed by atoms with Crippen molar-refractivity contribution in [1.82, 2.24) is 9.13 Å². The van der Waals surface area contributed by atoms with Gasteiger partial charge >= 0.3 is 11.7 Å². The van der Waals surface area contributed by atoms with E-state index in [1.54, 1.807) is 7.05 Å². The molecule has 1 heterocycles. The standard InChI is InChI=1S/C19H18N2O5/c1-20-10-14(17(23)21(2)19(20)26)9-12-5-3-4-11-8-13(18(24)25)6-7-15(11)16(12)22/h6-10H,3-5H2,1-2H3,(H,24,25). The van der Waals surface area contributed by atoms with Crippen LogP contribution < -0.4 is 11.2 Å². The van der Waals surface area contributed by atoms with Gasteiger partial charge in [0.2, 0.25) is 0 Å². The molecule has 0 spiro atoms. The number of benzene rings is 1. The normalized spacial score (nSPS) is 15.6. The van der Waals surface area contributed by atoms with Crippen LogP contribution in [0.15, 0.2) is 39.6 Å². The van der Waals surface area contributed by atoms with Crippen LogP contribution >= 0.6 is 0 Å². The van der Waals surface area contributed by atoms with Gasteiger partial charge in [0.1, 0.15) is 0 Å². The summed E-state index contributed by atoms with van der Waals surface area (Å²) >= 11 is 0. The maximum Gasteiger partial charge on any atom is 0.335 e. The molecule has 26 heavy (non-hydrogen) atoms. The number of hydrogen-bond donors (Lipinski definition) is 1. The second kappa shape index (κ2) is 6.59. The first-order valence-electron chi connectivity index (χ1n) is 8.17. The molecular weight excluding hydrogens is 336 g/mol. The maximum atomic E-state index is 12.9. The lowest BCUT2D eigenvalue weighted by molar-refractivity contribution is 0.0696. The van der Waals surface area contributed by atoms with E-state index in [1.807, 2.05) is 0 Å². The Morgan fingerprint density at radius 2 is 1.88 bits per heavy atom. The lowest BCUT2D eigenvalue weighted by atomic mass is 9.97. The molecule has 0 fully saturated rings. The van der Waals surface area contributed by atoms with Crippen molar-refractivity contribution in [3.8, 4) is 0 Å². The van der Waals surface area contributed by atoms with Crippen molar-refractivity contribution >= 4 is 17.8 Å². The first-order valence-corrected chi connectivity index (χ1v) is 8.17. The van der Waals surface area contributed by atoms with Crippen molar-refractivity contribution in [3.05, 3.63) is 73.1 Å². The predicted octanol–water partition coefficient (Wildman–Crippen LogP) is 1.38. The molecule has 0 aliphatic heterocycles. The number of allylic oxidation sites excluding steroid dienone is 1. The molecule has 0 unspecified atom stereocenters. The Balaban J connectivity index is 2.09. The molecule has 0 radical (unpaired) electrons. The van der Waals surface area contributed by atoms with E-state index in [2.05, 4.69) is 0 Å². The molecular formula is C19H18N2O5. The number of aromatic carboxylic acids is 1. The molecule has 1 N–H and O–H groups in total. The van der Waals surface area contributed by atoms with E-state index in [9.17, 15) is 19.2 Å². The van der Waals surface area contributed by atoms with E-state index in [0.717, 1.165) is 4.57 Å². The van der Waals surface area contributed by atoms with Crippen molar-refractivity contribution in [2.24, 2.45) is 14.1 Å². The summed E-state index contributed by atoms with van der Waals surface area (Å²) in [5, 5.41) is 9.11. The molecule has 3 rings (SSSR count). The van der Waals surface area contributed by atoms with E-state index in [-0.39, 0.29) is 16.9 Å². The first-order chi connectivity index (χ1) is 12.3. The molecule has 1 aromatic carbocycles. The number of fused-ring (bicyclic) bond motifs is 1. The minimum absolute atomic E-state index is 0.149. The van der Waals surface area contributed by atoms with Gasteiger partial charge in [-0.3, -0.25) is 14.2 Å². The summed E-state index contributed by atoms with van der Waals surface area (Å²) in [4.78, 5) is 48.1. The fourth-order valence-electron chi connectivity index (χ4n) is 3.17. The van der Waals surface area contributed by atoms with Crippen LogP contribution in [0.2, 0.25) is 0 Å². The van der Waals surface area contributed by atoms with Crippen LogP contribution in [-0.4, -0.2) is 26.0 Å². The summed E-state index contributed by atoms with van der Waals surface area (Å²) in [6.45, 7) is 0.